The van der Waals surface area contributed by atoms with E-state index in [4.69, 9.17) is 0 Å². The molecule has 0 saturated carbocycles. The second kappa shape index (κ2) is 14.7. The lowest BCUT2D eigenvalue weighted by Crippen LogP contribution is -2.30. The number of hydrogen-bond donors (Lipinski definition) is 0. The first-order valence-electron chi connectivity index (χ1n) is 24.9. The number of allylic oxidation sites excluding steroid dienone is 2. The van der Waals surface area contributed by atoms with Gasteiger partial charge in [0.05, 0.1) is 55.2 Å². The average molecular weight is 921 g/mol. The number of fused-ring (bicyclic) bond motifs is 17. The van der Waals surface area contributed by atoms with Gasteiger partial charge in [0.2, 0.25) is 0 Å². The smallest absolute Gasteiger partial charge is 0.127 e. The SMILES string of the molecule is CN1C(n2c3ccccc3c3ccccc32)=CC=CC1n1c2ccccc2c2ccc3c(c4ccccc4n3-c3cccc(-n4c5ccccc5c5ccc6c(c7ccccc7n6-c6ccccc6)c54)c3)c21. The lowest BCUT2D eigenvalue weighted by molar-refractivity contribution is 0.319. The molecular weight excluding hydrogens is 877 g/mol. The van der Waals surface area contributed by atoms with Crippen molar-refractivity contribution in [2.45, 2.75) is 6.17 Å². The number of aromatic nitrogens is 5. The molecule has 15 aromatic rings. The summed E-state index contributed by atoms with van der Waals surface area (Å²) in [5.74, 6) is 1.13. The van der Waals surface area contributed by atoms with Crippen molar-refractivity contribution < 1.29 is 0 Å². The van der Waals surface area contributed by atoms with Crippen LogP contribution in [0, 0.1) is 0 Å². The van der Waals surface area contributed by atoms with Gasteiger partial charge in [-0.1, -0.05) is 152 Å². The molecule has 0 radical (unpaired) electrons. The van der Waals surface area contributed by atoms with E-state index in [-0.39, 0.29) is 6.17 Å². The van der Waals surface area contributed by atoms with Gasteiger partial charge in [0.15, 0.2) is 0 Å². The third-order valence-electron chi connectivity index (χ3n) is 15.7. The first-order valence-corrected chi connectivity index (χ1v) is 24.9. The van der Waals surface area contributed by atoms with Gasteiger partial charge in [-0.15, -0.1) is 0 Å². The van der Waals surface area contributed by atoms with Gasteiger partial charge in [-0.3, -0.25) is 4.57 Å². The van der Waals surface area contributed by atoms with Crippen LogP contribution in [0.1, 0.15) is 6.17 Å². The third-order valence-corrected chi connectivity index (χ3v) is 15.7. The van der Waals surface area contributed by atoms with E-state index in [1.54, 1.807) is 0 Å². The number of rotatable bonds is 5. The predicted molar refractivity (Wildman–Crippen MR) is 302 cm³/mol. The van der Waals surface area contributed by atoms with Crippen molar-refractivity contribution in [3.63, 3.8) is 0 Å². The van der Waals surface area contributed by atoms with E-state index in [9.17, 15) is 0 Å². The molecule has 0 spiro atoms. The monoisotopic (exact) mass is 920 g/mol. The molecule has 6 heterocycles. The van der Waals surface area contributed by atoms with Crippen LogP contribution in [0.25, 0.3) is 132 Å². The maximum Gasteiger partial charge on any atom is 0.127 e. The van der Waals surface area contributed by atoms with Crippen LogP contribution in [0.2, 0.25) is 0 Å². The van der Waals surface area contributed by atoms with Crippen LogP contribution in [0.4, 0.5) is 0 Å². The van der Waals surface area contributed by atoms with Crippen molar-refractivity contribution in [1.82, 2.24) is 27.7 Å². The summed E-state index contributed by atoms with van der Waals surface area (Å²) in [7, 11) is 2.25. The summed E-state index contributed by atoms with van der Waals surface area (Å²) in [5, 5.41) is 12.4. The van der Waals surface area contributed by atoms with Crippen LogP contribution in [0.3, 0.4) is 0 Å². The van der Waals surface area contributed by atoms with Crippen molar-refractivity contribution in [2.24, 2.45) is 0 Å². The summed E-state index contributed by atoms with van der Waals surface area (Å²) in [6, 6.07) is 82.6. The molecule has 0 bridgehead atoms. The molecule has 0 aliphatic carbocycles. The molecule has 0 fully saturated rings. The maximum absolute atomic E-state index is 2.59. The summed E-state index contributed by atoms with van der Waals surface area (Å²) in [6.45, 7) is 0. The van der Waals surface area contributed by atoms with Crippen molar-refractivity contribution in [3.8, 4) is 17.1 Å². The fourth-order valence-corrected chi connectivity index (χ4v) is 12.8. The van der Waals surface area contributed by atoms with Crippen molar-refractivity contribution in [3.05, 3.63) is 243 Å². The molecule has 1 aliphatic heterocycles. The Bertz CT molecular complexity index is 4780. The van der Waals surface area contributed by atoms with Crippen molar-refractivity contribution in [1.29, 1.82) is 0 Å². The predicted octanol–water partition coefficient (Wildman–Crippen LogP) is 16.7. The van der Waals surface area contributed by atoms with Crippen LogP contribution in [0.15, 0.2) is 243 Å². The Morgan fingerprint density at radius 1 is 0.306 bits per heavy atom. The number of hydrogen-bond acceptors (Lipinski definition) is 1. The minimum atomic E-state index is -0.122. The highest BCUT2D eigenvalue weighted by Gasteiger charge is 2.29. The van der Waals surface area contributed by atoms with E-state index in [1.165, 1.54) is 109 Å². The molecule has 5 aromatic heterocycles. The van der Waals surface area contributed by atoms with Gasteiger partial charge in [0.25, 0.3) is 0 Å². The Balaban J connectivity index is 0.935. The molecule has 6 heteroatoms. The van der Waals surface area contributed by atoms with E-state index < -0.39 is 0 Å². The van der Waals surface area contributed by atoms with E-state index in [0.29, 0.717) is 0 Å². The Hall–Kier alpha value is -9.52. The second-order valence-electron chi connectivity index (χ2n) is 19.3. The molecule has 0 saturated heterocycles. The van der Waals surface area contributed by atoms with Crippen molar-refractivity contribution >= 4 is 115 Å². The Labute approximate surface area is 413 Å². The van der Waals surface area contributed by atoms with Gasteiger partial charge >= 0.3 is 0 Å². The fourth-order valence-electron chi connectivity index (χ4n) is 12.8. The second-order valence-corrected chi connectivity index (χ2v) is 19.3. The molecular formula is C66H44N6. The molecule has 72 heavy (non-hydrogen) atoms. The minimum absolute atomic E-state index is 0.122. The first-order chi connectivity index (χ1) is 35.7. The highest BCUT2D eigenvalue weighted by molar-refractivity contribution is 6.27. The molecule has 6 nitrogen and oxygen atoms in total. The topological polar surface area (TPSA) is 27.9 Å². The molecule has 0 amide bonds. The summed E-state index contributed by atoms with van der Waals surface area (Å²) in [5.41, 5.74) is 15.3. The normalized spacial score (nSPS) is 14.3. The third kappa shape index (κ3) is 5.22. The quantitative estimate of drug-likeness (QED) is 0.169. The van der Waals surface area contributed by atoms with Crippen molar-refractivity contribution in [2.75, 3.05) is 7.05 Å². The summed E-state index contributed by atoms with van der Waals surface area (Å²) in [6.07, 6.45) is 6.75. The molecule has 1 aliphatic rings. The fraction of sp³-hybridized carbons (Fsp3) is 0.0303. The van der Waals surface area contributed by atoms with Crippen LogP contribution in [0.5, 0.6) is 0 Å². The number of likely N-dealkylation sites (N-methyl/N-ethyl adjacent to an activating group) is 1. The zero-order chi connectivity index (χ0) is 47.2. The van der Waals surface area contributed by atoms with Gasteiger partial charge in [-0.05, 0) is 91.0 Å². The standard InChI is InChI=1S/C66H44N6/c1-67-61(71-54-30-12-5-23-45(54)46-24-6-13-31-55(46)71)35-18-36-62(67)72-56-32-14-8-26-48(56)50-38-40-60-64(66(50)72)52-28-10-16-34-58(52)69(60)43-21-17-22-44(41-43)70-53-29-11-7-25-47(53)49-37-39-59-63(65(49)70)51-27-9-15-33-57(51)68(59)42-19-3-2-4-20-42/h2-41,62H,1H3. The molecule has 1 unspecified atom stereocenters. The van der Waals surface area contributed by atoms with Crippen LogP contribution in [-0.2, 0) is 0 Å². The Morgan fingerprint density at radius 2 is 0.722 bits per heavy atom. The average Bonchev–Trinajstić information content (AvgIpc) is 4.23. The van der Waals surface area contributed by atoms with Gasteiger partial charge in [0, 0.05) is 78.0 Å². The lowest BCUT2D eigenvalue weighted by Gasteiger charge is -2.35. The summed E-state index contributed by atoms with van der Waals surface area (Å²) >= 11 is 0. The highest BCUT2D eigenvalue weighted by atomic mass is 15.4. The van der Waals surface area contributed by atoms with Crippen LogP contribution >= 0.6 is 0 Å². The molecule has 0 N–H and O–H groups in total. The van der Waals surface area contributed by atoms with Crippen LogP contribution in [-0.4, -0.2) is 34.8 Å². The summed E-state index contributed by atoms with van der Waals surface area (Å²) < 4.78 is 12.4. The molecule has 10 aromatic carbocycles. The van der Waals surface area contributed by atoms with Gasteiger partial charge < -0.3 is 23.2 Å². The van der Waals surface area contributed by atoms with E-state index in [0.717, 1.165) is 22.9 Å². The minimum Gasteiger partial charge on any atom is -0.337 e. The highest BCUT2D eigenvalue weighted by Crippen LogP contribution is 2.46. The van der Waals surface area contributed by atoms with Gasteiger partial charge in [0.1, 0.15) is 12.0 Å². The zero-order valence-corrected chi connectivity index (χ0v) is 39.4. The first kappa shape index (κ1) is 39.3. The van der Waals surface area contributed by atoms with Gasteiger partial charge in [-0.2, -0.15) is 0 Å². The van der Waals surface area contributed by atoms with E-state index in [2.05, 4.69) is 277 Å². The maximum atomic E-state index is 2.59. The van der Waals surface area contributed by atoms with E-state index in [1.807, 2.05) is 0 Å². The zero-order valence-electron chi connectivity index (χ0n) is 39.4. The molecule has 16 rings (SSSR count). The van der Waals surface area contributed by atoms with Gasteiger partial charge in [-0.25, -0.2) is 0 Å². The number of benzene rings is 10. The largest absolute Gasteiger partial charge is 0.337 e. The number of nitrogens with zero attached hydrogens (tertiary/aromatic N) is 6. The molecule has 1 atom stereocenters. The van der Waals surface area contributed by atoms with Crippen LogP contribution < -0.4 is 0 Å². The summed E-state index contributed by atoms with van der Waals surface area (Å²) in [4.78, 5) is 2.45. The van der Waals surface area contributed by atoms with E-state index >= 15 is 0 Å². The number of para-hydroxylation sites is 7. The Morgan fingerprint density at radius 3 is 1.32 bits per heavy atom. The molecule has 338 valence electrons. The Kier molecular flexibility index (Phi) is 8.06. The lowest BCUT2D eigenvalue weighted by atomic mass is 10.1.